The molecular weight excluding hydrogens is 522 g/mol. The van der Waals surface area contributed by atoms with Gasteiger partial charge in [0.1, 0.15) is 17.2 Å². The van der Waals surface area contributed by atoms with E-state index in [0.717, 1.165) is 68.4 Å². The molecule has 2 aliphatic carbocycles. The van der Waals surface area contributed by atoms with E-state index in [1.807, 2.05) is 0 Å². The fourth-order valence-electron chi connectivity index (χ4n) is 6.26. The minimum absolute atomic E-state index is 0.0262. The Bertz CT molecular complexity index is 1410. The molecule has 1 aromatic carbocycles. The molecule has 0 amide bonds. The Labute approximate surface area is 229 Å². The number of para-hydroxylation sites is 1. The Hall–Kier alpha value is -3.60. The standard InChI is InChI=1S/C29H30F2N4O5/c30-28(31)39-24-4-2-1-3-20(24)25-21(26(40-34-25)16-7-8-16)14-38-19-11-17-9-10-18(12-19)35(17)29-32-22(15-5-6-15)13-23(33-29)27(36)37/h1-4,13,15-19,28H,5-12,14H2,(H,36,37)/t17-,18?,19?/m0/s1. The van der Waals surface area contributed by atoms with E-state index in [-0.39, 0.29) is 42.2 Å². The van der Waals surface area contributed by atoms with Crippen LogP contribution in [0.25, 0.3) is 11.3 Å². The van der Waals surface area contributed by atoms with Crippen molar-refractivity contribution < 1.29 is 32.7 Å². The SMILES string of the molecule is O=C(O)c1cc(C2CC2)nc(N2C3CC[C@H]2CC(OCc2c(-c4ccccc4OC(F)F)noc2C2CC2)C3)n1. The van der Waals surface area contributed by atoms with Crippen molar-refractivity contribution in [2.75, 3.05) is 4.90 Å². The van der Waals surface area contributed by atoms with Crippen LogP contribution in [0.5, 0.6) is 5.75 Å². The highest BCUT2D eigenvalue weighted by atomic mass is 19.3. The van der Waals surface area contributed by atoms with Crippen LogP contribution in [0.4, 0.5) is 14.7 Å². The number of ether oxygens (including phenoxy) is 2. The number of carbonyl (C=O) groups is 1. The Kier molecular flexibility index (Phi) is 6.41. The molecule has 4 heterocycles. The van der Waals surface area contributed by atoms with E-state index in [9.17, 15) is 18.7 Å². The average Bonchev–Trinajstić information content (AvgIpc) is 3.87. The number of nitrogens with zero attached hydrogens (tertiary/aromatic N) is 4. The Balaban J connectivity index is 1.10. The lowest BCUT2D eigenvalue weighted by Gasteiger charge is -2.39. The lowest BCUT2D eigenvalue weighted by atomic mass is 9.99. The van der Waals surface area contributed by atoms with E-state index >= 15 is 0 Å². The van der Waals surface area contributed by atoms with Crippen LogP contribution >= 0.6 is 0 Å². The summed E-state index contributed by atoms with van der Waals surface area (Å²) in [6.45, 7) is -2.69. The molecule has 0 radical (unpaired) electrons. The number of benzene rings is 1. The van der Waals surface area contributed by atoms with Gasteiger partial charge in [0.2, 0.25) is 5.95 Å². The van der Waals surface area contributed by atoms with Crippen LogP contribution in [-0.4, -0.2) is 51.0 Å². The minimum atomic E-state index is -2.95. The first-order chi connectivity index (χ1) is 19.4. The predicted molar refractivity (Wildman–Crippen MR) is 139 cm³/mol. The molecule has 7 rings (SSSR count). The summed E-state index contributed by atoms with van der Waals surface area (Å²) < 4.78 is 43.1. The van der Waals surface area contributed by atoms with Crippen molar-refractivity contribution in [3.05, 3.63) is 53.0 Å². The van der Waals surface area contributed by atoms with E-state index in [0.29, 0.717) is 23.1 Å². The van der Waals surface area contributed by atoms with E-state index < -0.39 is 12.6 Å². The smallest absolute Gasteiger partial charge is 0.387 e. The second kappa shape index (κ2) is 10.1. The van der Waals surface area contributed by atoms with Gasteiger partial charge in [-0.15, -0.1) is 0 Å². The third-order valence-corrected chi connectivity index (χ3v) is 8.46. The average molecular weight is 553 g/mol. The monoisotopic (exact) mass is 552 g/mol. The van der Waals surface area contributed by atoms with E-state index in [1.54, 1.807) is 24.3 Å². The lowest BCUT2D eigenvalue weighted by Crippen LogP contribution is -2.46. The van der Waals surface area contributed by atoms with Crippen LogP contribution in [0.1, 0.15) is 90.7 Å². The molecule has 210 valence electrons. The first-order valence-corrected chi connectivity index (χ1v) is 14.0. The molecule has 9 nitrogen and oxygen atoms in total. The number of hydrogen-bond donors (Lipinski definition) is 1. The molecule has 4 aliphatic rings. The van der Waals surface area contributed by atoms with Gasteiger partial charge < -0.3 is 24.0 Å². The van der Waals surface area contributed by atoms with Gasteiger partial charge in [0.15, 0.2) is 5.69 Å². The maximum absolute atomic E-state index is 13.1. The second-order valence-corrected chi connectivity index (χ2v) is 11.3. The molecule has 2 saturated carbocycles. The molecule has 4 fully saturated rings. The molecule has 1 N–H and O–H groups in total. The Morgan fingerprint density at radius 1 is 1.05 bits per heavy atom. The number of alkyl halides is 2. The number of carboxylic acids is 1. The van der Waals surface area contributed by atoms with Crippen molar-refractivity contribution >= 4 is 11.9 Å². The lowest BCUT2D eigenvalue weighted by molar-refractivity contribution is -0.0494. The third-order valence-electron chi connectivity index (χ3n) is 8.46. The molecule has 3 aromatic rings. The van der Waals surface area contributed by atoms with Gasteiger partial charge in [-0.05, 0) is 69.6 Å². The highest BCUT2D eigenvalue weighted by molar-refractivity contribution is 5.85. The Morgan fingerprint density at radius 3 is 2.45 bits per heavy atom. The van der Waals surface area contributed by atoms with Gasteiger partial charge in [0.25, 0.3) is 0 Å². The zero-order valence-electron chi connectivity index (χ0n) is 21.8. The maximum atomic E-state index is 13.1. The van der Waals surface area contributed by atoms with Crippen LogP contribution in [0, 0.1) is 0 Å². The fraction of sp³-hybridized carbons (Fsp3) is 0.517. The highest BCUT2D eigenvalue weighted by Crippen LogP contribution is 2.46. The topological polar surface area (TPSA) is 111 Å². The summed E-state index contributed by atoms with van der Waals surface area (Å²) in [6.07, 6.45) is 7.50. The van der Waals surface area contributed by atoms with Crippen molar-refractivity contribution in [2.45, 2.75) is 94.6 Å². The molecule has 2 aliphatic heterocycles. The normalized spacial score (nSPS) is 24.1. The van der Waals surface area contributed by atoms with Crippen molar-refractivity contribution in [2.24, 2.45) is 0 Å². The van der Waals surface area contributed by atoms with E-state index in [1.165, 1.54) is 6.07 Å². The molecule has 0 spiro atoms. The zero-order chi connectivity index (χ0) is 27.4. The molecule has 2 bridgehead atoms. The number of aromatic nitrogens is 3. The van der Waals surface area contributed by atoms with E-state index in [4.69, 9.17) is 19.0 Å². The van der Waals surface area contributed by atoms with Crippen molar-refractivity contribution in [3.8, 4) is 17.0 Å². The zero-order valence-corrected chi connectivity index (χ0v) is 21.8. The number of carboxylic acid groups (broad SMARTS) is 1. The third kappa shape index (κ3) is 4.91. The minimum Gasteiger partial charge on any atom is -0.477 e. The molecule has 2 saturated heterocycles. The summed E-state index contributed by atoms with van der Waals surface area (Å²) in [4.78, 5) is 23.2. The second-order valence-electron chi connectivity index (χ2n) is 11.3. The molecule has 2 unspecified atom stereocenters. The quantitative estimate of drug-likeness (QED) is 0.328. The number of fused-ring (bicyclic) bond motifs is 2. The van der Waals surface area contributed by atoms with Crippen LogP contribution in [0.3, 0.4) is 0 Å². The maximum Gasteiger partial charge on any atom is 0.387 e. The summed E-state index contributed by atoms with van der Waals surface area (Å²) in [5.74, 6) is 0.880. The van der Waals surface area contributed by atoms with Crippen molar-refractivity contribution in [3.63, 3.8) is 0 Å². The van der Waals surface area contributed by atoms with Gasteiger partial charge in [-0.1, -0.05) is 17.3 Å². The number of hydrogen-bond acceptors (Lipinski definition) is 8. The van der Waals surface area contributed by atoms with Crippen molar-refractivity contribution in [1.82, 2.24) is 15.1 Å². The summed E-state index contributed by atoms with van der Waals surface area (Å²) in [6, 6.07) is 8.53. The van der Waals surface area contributed by atoms with Crippen LogP contribution in [0.15, 0.2) is 34.9 Å². The van der Waals surface area contributed by atoms with Crippen LogP contribution in [0.2, 0.25) is 0 Å². The summed E-state index contributed by atoms with van der Waals surface area (Å²) in [5.41, 5.74) is 2.59. The molecule has 40 heavy (non-hydrogen) atoms. The molecule has 2 aromatic heterocycles. The first kappa shape index (κ1) is 25.4. The summed E-state index contributed by atoms with van der Waals surface area (Å²) in [7, 11) is 0. The first-order valence-electron chi connectivity index (χ1n) is 14.0. The largest absolute Gasteiger partial charge is 0.477 e. The number of piperidine rings is 1. The van der Waals surface area contributed by atoms with Crippen LogP contribution in [-0.2, 0) is 11.3 Å². The molecule has 3 atom stereocenters. The van der Waals surface area contributed by atoms with Gasteiger partial charge >= 0.3 is 12.6 Å². The van der Waals surface area contributed by atoms with Gasteiger partial charge in [0, 0.05) is 40.7 Å². The van der Waals surface area contributed by atoms with E-state index in [2.05, 4.69) is 15.0 Å². The van der Waals surface area contributed by atoms with Gasteiger partial charge in [0.05, 0.1) is 12.7 Å². The number of halogens is 2. The van der Waals surface area contributed by atoms with Crippen molar-refractivity contribution in [1.29, 1.82) is 0 Å². The number of anilines is 1. The number of rotatable bonds is 10. The number of aromatic carboxylic acids is 1. The van der Waals surface area contributed by atoms with Gasteiger partial charge in [-0.25, -0.2) is 14.8 Å². The molecule has 11 heteroatoms. The van der Waals surface area contributed by atoms with Crippen LogP contribution < -0.4 is 9.64 Å². The Morgan fingerprint density at radius 2 is 1.77 bits per heavy atom. The van der Waals surface area contributed by atoms with Gasteiger partial charge in [-0.3, -0.25) is 0 Å². The highest BCUT2D eigenvalue weighted by Gasteiger charge is 2.43. The summed E-state index contributed by atoms with van der Waals surface area (Å²) >= 11 is 0. The van der Waals surface area contributed by atoms with Gasteiger partial charge in [-0.2, -0.15) is 8.78 Å². The summed E-state index contributed by atoms with van der Waals surface area (Å²) in [5, 5.41) is 13.9. The predicted octanol–water partition coefficient (Wildman–Crippen LogP) is 5.90. The fourth-order valence-corrected chi connectivity index (χ4v) is 6.26. The molecular formula is C29H30F2N4O5.